The number of aliphatic hydroxyl groups excluding tert-OH is 1. The molecule has 0 aliphatic carbocycles. The van der Waals surface area contributed by atoms with Crippen molar-refractivity contribution in [1.82, 2.24) is 9.55 Å². The van der Waals surface area contributed by atoms with Crippen LogP contribution >= 0.6 is 35.0 Å². The lowest BCUT2D eigenvalue weighted by Gasteiger charge is -2.08. The third-order valence-corrected chi connectivity index (χ3v) is 4.93. The fourth-order valence-corrected chi connectivity index (χ4v) is 3.86. The highest BCUT2D eigenvalue weighted by Crippen LogP contribution is 2.30. The van der Waals surface area contributed by atoms with Crippen LogP contribution in [-0.4, -0.2) is 21.3 Å². The fraction of sp³-hybridized carbons (Fsp3) is 0.188. The summed E-state index contributed by atoms with van der Waals surface area (Å²) >= 11 is 13.7. The molecule has 3 aromatic rings. The van der Waals surface area contributed by atoms with E-state index in [0.717, 1.165) is 21.8 Å². The van der Waals surface area contributed by atoms with Gasteiger partial charge >= 0.3 is 0 Å². The highest BCUT2D eigenvalue weighted by Gasteiger charge is 2.11. The molecule has 0 radical (unpaired) electrons. The second-order valence-corrected chi connectivity index (χ2v) is 6.57. The minimum atomic E-state index is 0.0790. The van der Waals surface area contributed by atoms with E-state index in [0.29, 0.717) is 22.3 Å². The third kappa shape index (κ3) is 3.25. The summed E-state index contributed by atoms with van der Waals surface area (Å²) in [5, 5.41) is 11.5. The van der Waals surface area contributed by atoms with E-state index in [9.17, 15) is 5.11 Å². The summed E-state index contributed by atoms with van der Waals surface area (Å²) in [6.45, 7) is 0.604. The Kier molecular flexibility index (Phi) is 4.93. The highest BCUT2D eigenvalue weighted by molar-refractivity contribution is 7.98. The molecule has 2 aromatic carbocycles. The number of halogens is 2. The van der Waals surface area contributed by atoms with Crippen molar-refractivity contribution in [3.05, 3.63) is 58.1 Å². The topological polar surface area (TPSA) is 38.0 Å². The minimum Gasteiger partial charge on any atom is -0.395 e. The average Bonchev–Trinajstić information content (AvgIpc) is 2.85. The second-order valence-electron chi connectivity index (χ2n) is 4.78. The van der Waals surface area contributed by atoms with Crippen LogP contribution in [0.25, 0.3) is 11.0 Å². The van der Waals surface area contributed by atoms with Crippen molar-refractivity contribution in [3.63, 3.8) is 0 Å². The molecule has 6 heteroatoms. The highest BCUT2D eigenvalue weighted by atomic mass is 35.5. The smallest absolute Gasteiger partial charge is 0.169 e. The number of hydrogen-bond acceptors (Lipinski definition) is 3. The quantitative estimate of drug-likeness (QED) is 0.680. The summed E-state index contributed by atoms with van der Waals surface area (Å²) in [7, 11) is 0. The first-order valence-electron chi connectivity index (χ1n) is 6.82. The molecular formula is C16H14Cl2N2OS. The molecule has 0 aliphatic rings. The number of benzene rings is 2. The van der Waals surface area contributed by atoms with E-state index in [4.69, 9.17) is 23.2 Å². The Morgan fingerprint density at radius 3 is 2.73 bits per heavy atom. The predicted octanol–water partition coefficient (Wildman–Crippen LogP) is 4.63. The van der Waals surface area contributed by atoms with Crippen molar-refractivity contribution < 1.29 is 5.11 Å². The average molecular weight is 353 g/mol. The molecule has 0 saturated heterocycles. The second kappa shape index (κ2) is 6.92. The molecule has 0 atom stereocenters. The summed E-state index contributed by atoms with van der Waals surface area (Å²) in [5.41, 5.74) is 2.97. The first kappa shape index (κ1) is 15.7. The SMILES string of the molecule is OCCn1c(SCc2ccc(Cl)cc2Cl)nc2ccccc21. The first-order valence-corrected chi connectivity index (χ1v) is 8.56. The van der Waals surface area contributed by atoms with Gasteiger partial charge in [0.05, 0.1) is 17.6 Å². The van der Waals surface area contributed by atoms with E-state index >= 15 is 0 Å². The van der Waals surface area contributed by atoms with Gasteiger partial charge in [0.25, 0.3) is 0 Å². The lowest BCUT2D eigenvalue weighted by Crippen LogP contribution is -2.03. The lowest BCUT2D eigenvalue weighted by molar-refractivity contribution is 0.273. The van der Waals surface area contributed by atoms with Gasteiger partial charge in [0.15, 0.2) is 5.16 Å². The molecule has 0 fully saturated rings. The molecule has 22 heavy (non-hydrogen) atoms. The van der Waals surface area contributed by atoms with Gasteiger partial charge in [-0.05, 0) is 29.8 Å². The maximum absolute atomic E-state index is 9.29. The van der Waals surface area contributed by atoms with E-state index in [1.54, 1.807) is 17.8 Å². The van der Waals surface area contributed by atoms with Gasteiger partial charge in [0.1, 0.15) is 0 Å². The van der Waals surface area contributed by atoms with Gasteiger partial charge in [-0.2, -0.15) is 0 Å². The van der Waals surface area contributed by atoms with Crippen molar-refractivity contribution in [2.24, 2.45) is 0 Å². The molecular weight excluding hydrogens is 339 g/mol. The predicted molar refractivity (Wildman–Crippen MR) is 92.8 cm³/mol. The van der Waals surface area contributed by atoms with Gasteiger partial charge in [0.2, 0.25) is 0 Å². The van der Waals surface area contributed by atoms with Crippen molar-refractivity contribution in [2.75, 3.05) is 6.61 Å². The Morgan fingerprint density at radius 2 is 1.95 bits per heavy atom. The van der Waals surface area contributed by atoms with Gasteiger partial charge in [-0.1, -0.05) is 53.2 Å². The third-order valence-electron chi connectivity index (χ3n) is 3.32. The number of hydrogen-bond donors (Lipinski definition) is 1. The van der Waals surface area contributed by atoms with Gasteiger partial charge in [-0.25, -0.2) is 4.98 Å². The molecule has 0 amide bonds. The van der Waals surface area contributed by atoms with Crippen LogP contribution in [0.4, 0.5) is 0 Å². The number of fused-ring (bicyclic) bond motifs is 1. The molecule has 3 rings (SSSR count). The Hall–Kier alpha value is -1.20. The number of thioether (sulfide) groups is 1. The van der Waals surface area contributed by atoms with Crippen LogP contribution in [0, 0.1) is 0 Å². The van der Waals surface area contributed by atoms with E-state index in [1.165, 1.54) is 0 Å². The van der Waals surface area contributed by atoms with E-state index in [-0.39, 0.29) is 6.61 Å². The van der Waals surface area contributed by atoms with Gasteiger partial charge in [-0.3, -0.25) is 0 Å². The molecule has 0 saturated carbocycles. The monoisotopic (exact) mass is 352 g/mol. The summed E-state index contributed by atoms with van der Waals surface area (Å²) in [4.78, 5) is 4.64. The number of rotatable bonds is 5. The maximum Gasteiger partial charge on any atom is 0.169 e. The minimum absolute atomic E-state index is 0.0790. The Labute approximate surface area is 142 Å². The van der Waals surface area contributed by atoms with E-state index in [2.05, 4.69) is 4.98 Å². The first-order chi connectivity index (χ1) is 10.7. The number of aliphatic hydroxyl groups is 1. The largest absolute Gasteiger partial charge is 0.395 e. The summed E-state index contributed by atoms with van der Waals surface area (Å²) in [6.07, 6.45) is 0. The molecule has 114 valence electrons. The standard InChI is InChI=1S/C16H14Cl2N2OS/c17-12-6-5-11(13(18)9-12)10-22-16-19-14-3-1-2-4-15(14)20(16)7-8-21/h1-6,9,21H,7-8,10H2. The molecule has 1 aromatic heterocycles. The van der Waals surface area contributed by atoms with Gasteiger partial charge in [0, 0.05) is 22.3 Å². The van der Waals surface area contributed by atoms with Crippen molar-refractivity contribution in [3.8, 4) is 0 Å². The van der Waals surface area contributed by atoms with Crippen LogP contribution < -0.4 is 0 Å². The summed E-state index contributed by atoms with van der Waals surface area (Å²) in [5.74, 6) is 0.699. The van der Waals surface area contributed by atoms with E-state index < -0.39 is 0 Å². The number of nitrogens with zero attached hydrogens (tertiary/aromatic N) is 2. The van der Waals surface area contributed by atoms with Crippen molar-refractivity contribution >= 4 is 46.0 Å². The lowest BCUT2D eigenvalue weighted by atomic mass is 10.2. The maximum atomic E-state index is 9.29. The molecule has 0 aliphatic heterocycles. The number of para-hydroxylation sites is 2. The van der Waals surface area contributed by atoms with Crippen LogP contribution in [-0.2, 0) is 12.3 Å². The van der Waals surface area contributed by atoms with Gasteiger partial charge < -0.3 is 9.67 Å². The summed E-state index contributed by atoms with van der Waals surface area (Å²) < 4.78 is 2.03. The van der Waals surface area contributed by atoms with E-state index in [1.807, 2.05) is 41.0 Å². The van der Waals surface area contributed by atoms with Gasteiger partial charge in [-0.15, -0.1) is 0 Å². The molecule has 0 bridgehead atoms. The summed E-state index contributed by atoms with van der Waals surface area (Å²) in [6, 6.07) is 13.4. The molecule has 0 spiro atoms. The van der Waals surface area contributed by atoms with Crippen molar-refractivity contribution in [1.29, 1.82) is 0 Å². The van der Waals surface area contributed by atoms with Crippen LogP contribution in [0.2, 0.25) is 10.0 Å². The molecule has 1 N–H and O–H groups in total. The Bertz CT molecular complexity index is 804. The Balaban J connectivity index is 1.88. The van der Waals surface area contributed by atoms with Crippen LogP contribution in [0.5, 0.6) is 0 Å². The zero-order chi connectivity index (χ0) is 15.5. The van der Waals surface area contributed by atoms with Crippen LogP contribution in [0.1, 0.15) is 5.56 Å². The zero-order valence-electron chi connectivity index (χ0n) is 11.7. The zero-order valence-corrected chi connectivity index (χ0v) is 14.0. The molecule has 0 unspecified atom stereocenters. The van der Waals surface area contributed by atoms with Crippen molar-refractivity contribution in [2.45, 2.75) is 17.5 Å². The molecule has 1 heterocycles. The fourth-order valence-electron chi connectivity index (χ4n) is 2.26. The normalized spacial score (nSPS) is 11.2. The molecule has 3 nitrogen and oxygen atoms in total. The number of imidazole rings is 1. The Morgan fingerprint density at radius 1 is 1.14 bits per heavy atom. The van der Waals surface area contributed by atoms with Crippen LogP contribution in [0.3, 0.4) is 0 Å². The van der Waals surface area contributed by atoms with Crippen LogP contribution in [0.15, 0.2) is 47.6 Å². The number of aromatic nitrogens is 2.